The number of hydrogen-bond donors (Lipinski definition) is 2. The van der Waals surface area contributed by atoms with E-state index in [-0.39, 0.29) is 11.8 Å². The number of anilines is 1. The molecule has 2 heterocycles. The summed E-state index contributed by atoms with van der Waals surface area (Å²) in [6.07, 6.45) is 3.51. The number of pyridine rings is 1. The summed E-state index contributed by atoms with van der Waals surface area (Å²) in [4.78, 5) is 31.7. The Hall–Kier alpha value is -3.25. The number of amides is 2. The van der Waals surface area contributed by atoms with Crippen LogP contribution in [-0.4, -0.2) is 47.9 Å². The number of benzene rings is 2. The van der Waals surface area contributed by atoms with Crippen LogP contribution in [0.1, 0.15) is 42.1 Å². The second kappa shape index (κ2) is 9.92. The lowest BCUT2D eigenvalue weighted by Crippen LogP contribution is -2.28. The van der Waals surface area contributed by atoms with Gasteiger partial charge in [0.15, 0.2) is 0 Å². The molecular formula is C26H30N4O2. The van der Waals surface area contributed by atoms with Crippen molar-refractivity contribution in [3.8, 4) is 11.3 Å². The van der Waals surface area contributed by atoms with Crippen LogP contribution in [-0.2, 0) is 4.79 Å². The Morgan fingerprint density at radius 3 is 2.50 bits per heavy atom. The Morgan fingerprint density at radius 1 is 1.03 bits per heavy atom. The van der Waals surface area contributed by atoms with E-state index in [9.17, 15) is 9.59 Å². The van der Waals surface area contributed by atoms with E-state index in [4.69, 9.17) is 4.98 Å². The number of carbonyl (C=O) groups excluding carboxylic acids is 2. The van der Waals surface area contributed by atoms with E-state index >= 15 is 0 Å². The third-order valence-corrected chi connectivity index (χ3v) is 5.85. The van der Waals surface area contributed by atoms with E-state index < -0.39 is 0 Å². The fourth-order valence-electron chi connectivity index (χ4n) is 4.21. The average molecular weight is 431 g/mol. The Kier molecular flexibility index (Phi) is 6.81. The number of carbonyl (C=O) groups is 2. The van der Waals surface area contributed by atoms with E-state index in [1.54, 1.807) is 0 Å². The Morgan fingerprint density at radius 2 is 1.78 bits per heavy atom. The zero-order valence-electron chi connectivity index (χ0n) is 18.8. The van der Waals surface area contributed by atoms with Crippen molar-refractivity contribution >= 4 is 28.4 Å². The van der Waals surface area contributed by atoms with Crippen molar-refractivity contribution in [3.63, 3.8) is 0 Å². The number of aromatic nitrogens is 1. The molecule has 0 aliphatic carbocycles. The maximum Gasteiger partial charge on any atom is 0.252 e. The molecule has 0 spiro atoms. The molecule has 1 aliphatic heterocycles. The molecule has 0 radical (unpaired) electrons. The van der Waals surface area contributed by atoms with Gasteiger partial charge in [-0.05, 0) is 76.2 Å². The molecule has 3 aromatic rings. The third-order valence-electron chi connectivity index (χ3n) is 5.85. The van der Waals surface area contributed by atoms with Crippen LogP contribution in [0.3, 0.4) is 0 Å². The fourth-order valence-corrected chi connectivity index (χ4v) is 4.21. The highest BCUT2D eigenvalue weighted by atomic mass is 16.2. The molecule has 0 bridgehead atoms. The molecule has 4 rings (SSSR count). The molecule has 0 saturated carbocycles. The zero-order valence-corrected chi connectivity index (χ0v) is 18.8. The van der Waals surface area contributed by atoms with Gasteiger partial charge in [-0.25, -0.2) is 4.98 Å². The van der Waals surface area contributed by atoms with Crippen molar-refractivity contribution in [1.82, 2.24) is 15.2 Å². The summed E-state index contributed by atoms with van der Waals surface area (Å²) in [5, 5.41) is 6.74. The second-order valence-corrected chi connectivity index (χ2v) is 8.49. The first-order valence-electron chi connectivity index (χ1n) is 11.3. The van der Waals surface area contributed by atoms with Crippen LogP contribution in [0, 0.1) is 6.92 Å². The van der Waals surface area contributed by atoms with Crippen LogP contribution in [0.5, 0.6) is 0 Å². The van der Waals surface area contributed by atoms with Gasteiger partial charge in [-0.1, -0.05) is 23.8 Å². The van der Waals surface area contributed by atoms with Crippen molar-refractivity contribution in [1.29, 1.82) is 0 Å². The van der Waals surface area contributed by atoms with Crippen LogP contribution < -0.4 is 10.6 Å². The lowest BCUT2D eigenvalue weighted by Gasteiger charge is -2.15. The molecule has 1 fully saturated rings. The normalized spacial score (nSPS) is 13.9. The highest BCUT2D eigenvalue weighted by Gasteiger charge is 2.15. The summed E-state index contributed by atoms with van der Waals surface area (Å²) in [6, 6.07) is 15.4. The fraction of sp³-hybridized carbons (Fsp3) is 0.346. The number of aryl methyl sites for hydroxylation is 1. The number of nitrogens with one attached hydrogen (secondary N) is 2. The minimum atomic E-state index is -0.111. The van der Waals surface area contributed by atoms with E-state index in [0.717, 1.165) is 46.4 Å². The average Bonchev–Trinajstić information content (AvgIpc) is 3.29. The van der Waals surface area contributed by atoms with Crippen molar-refractivity contribution in [2.45, 2.75) is 33.1 Å². The van der Waals surface area contributed by atoms with Gasteiger partial charge >= 0.3 is 0 Å². The standard InChI is InChI=1S/C26H30N4O2/c1-18-6-11-24-22(16-18)23(26(32)27-12-5-15-30-13-3-4-14-30)17-25(29-24)20-7-9-21(10-8-20)28-19(2)31/h6-11,16-17H,3-5,12-15H2,1-2H3,(H,27,32)(H,28,31). The molecule has 1 aromatic heterocycles. The summed E-state index contributed by atoms with van der Waals surface area (Å²) in [6.45, 7) is 7.54. The number of hydrogen-bond acceptors (Lipinski definition) is 4. The van der Waals surface area contributed by atoms with Gasteiger partial charge in [0, 0.05) is 30.1 Å². The van der Waals surface area contributed by atoms with Crippen molar-refractivity contribution in [2.75, 3.05) is 31.5 Å². The molecular weight excluding hydrogens is 400 g/mol. The number of nitrogens with zero attached hydrogens (tertiary/aromatic N) is 2. The van der Waals surface area contributed by atoms with Crippen LogP contribution in [0.15, 0.2) is 48.5 Å². The second-order valence-electron chi connectivity index (χ2n) is 8.49. The lowest BCUT2D eigenvalue weighted by molar-refractivity contribution is -0.114. The predicted molar refractivity (Wildman–Crippen MR) is 129 cm³/mol. The van der Waals surface area contributed by atoms with Gasteiger partial charge < -0.3 is 15.5 Å². The summed E-state index contributed by atoms with van der Waals surface area (Å²) in [5.74, 6) is -0.179. The highest BCUT2D eigenvalue weighted by Crippen LogP contribution is 2.27. The molecule has 6 heteroatoms. The molecule has 2 amide bonds. The van der Waals surface area contributed by atoms with Crippen molar-refractivity contribution in [3.05, 3.63) is 59.7 Å². The van der Waals surface area contributed by atoms with Crippen molar-refractivity contribution < 1.29 is 9.59 Å². The zero-order chi connectivity index (χ0) is 22.5. The van der Waals surface area contributed by atoms with Crippen LogP contribution in [0.4, 0.5) is 5.69 Å². The minimum absolute atomic E-state index is 0.0689. The Balaban J connectivity index is 1.56. The maximum atomic E-state index is 13.1. The number of fused-ring (bicyclic) bond motifs is 1. The van der Waals surface area contributed by atoms with Gasteiger partial charge in [0.05, 0.1) is 16.8 Å². The first-order valence-corrected chi connectivity index (χ1v) is 11.3. The highest BCUT2D eigenvalue weighted by molar-refractivity contribution is 6.07. The number of likely N-dealkylation sites (tertiary alicyclic amines) is 1. The largest absolute Gasteiger partial charge is 0.352 e. The van der Waals surface area contributed by atoms with Gasteiger partial charge in [-0.3, -0.25) is 9.59 Å². The van der Waals surface area contributed by atoms with Gasteiger partial charge in [-0.2, -0.15) is 0 Å². The van der Waals surface area contributed by atoms with Crippen LogP contribution >= 0.6 is 0 Å². The molecule has 32 heavy (non-hydrogen) atoms. The molecule has 0 unspecified atom stereocenters. The maximum absolute atomic E-state index is 13.1. The Labute approximate surface area is 189 Å². The van der Waals surface area contributed by atoms with E-state index in [1.807, 2.05) is 55.5 Å². The van der Waals surface area contributed by atoms with Crippen LogP contribution in [0.25, 0.3) is 22.2 Å². The van der Waals surface area contributed by atoms with Gasteiger partial charge in [0.2, 0.25) is 5.91 Å². The monoisotopic (exact) mass is 430 g/mol. The molecule has 166 valence electrons. The predicted octanol–water partition coefficient (Wildman–Crippen LogP) is 4.38. The number of rotatable bonds is 7. The summed E-state index contributed by atoms with van der Waals surface area (Å²) in [7, 11) is 0. The third kappa shape index (κ3) is 5.32. The van der Waals surface area contributed by atoms with Crippen LogP contribution in [0.2, 0.25) is 0 Å². The van der Waals surface area contributed by atoms with E-state index in [1.165, 1.54) is 32.9 Å². The first-order chi connectivity index (χ1) is 15.5. The summed E-state index contributed by atoms with van der Waals surface area (Å²) in [5.41, 5.74) is 4.88. The summed E-state index contributed by atoms with van der Waals surface area (Å²) >= 11 is 0. The van der Waals surface area contributed by atoms with E-state index in [0.29, 0.717) is 12.1 Å². The smallest absolute Gasteiger partial charge is 0.252 e. The van der Waals surface area contributed by atoms with Gasteiger partial charge in [0.25, 0.3) is 5.91 Å². The quantitative estimate of drug-likeness (QED) is 0.546. The topological polar surface area (TPSA) is 74.3 Å². The van der Waals surface area contributed by atoms with E-state index in [2.05, 4.69) is 15.5 Å². The molecule has 1 aliphatic rings. The molecule has 0 atom stereocenters. The molecule has 1 saturated heterocycles. The van der Waals surface area contributed by atoms with Crippen molar-refractivity contribution in [2.24, 2.45) is 0 Å². The van der Waals surface area contributed by atoms with Gasteiger partial charge in [-0.15, -0.1) is 0 Å². The molecule has 2 N–H and O–H groups in total. The summed E-state index contributed by atoms with van der Waals surface area (Å²) < 4.78 is 0. The molecule has 6 nitrogen and oxygen atoms in total. The molecule has 2 aromatic carbocycles. The SMILES string of the molecule is CC(=O)Nc1ccc(-c2cc(C(=O)NCCCN3CCCC3)c3cc(C)ccc3n2)cc1. The Bertz CT molecular complexity index is 1120. The lowest BCUT2D eigenvalue weighted by atomic mass is 10.0. The first kappa shape index (κ1) is 22.0. The van der Waals surface area contributed by atoms with Gasteiger partial charge in [0.1, 0.15) is 0 Å². The minimum Gasteiger partial charge on any atom is -0.352 e.